The van der Waals surface area contributed by atoms with Crippen LogP contribution in [0.5, 0.6) is 0 Å². The molecule has 2 aromatic rings. The smallest absolute Gasteiger partial charge is 0.319 e. The summed E-state index contributed by atoms with van der Waals surface area (Å²) < 4.78 is 4.81. The van der Waals surface area contributed by atoms with Gasteiger partial charge in [-0.3, -0.25) is 14.7 Å². The summed E-state index contributed by atoms with van der Waals surface area (Å²) in [5.74, 6) is -2.38. The van der Waals surface area contributed by atoms with E-state index in [4.69, 9.17) is 27.9 Å². The van der Waals surface area contributed by atoms with Gasteiger partial charge in [-0.25, -0.2) is 0 Å². The first-order valence-corrected chi connectivity index (χ1v) is 7.58. The largest absolute Gasteiger partial charge is 0.468 e. The molecular formula is C15H13Cl2N3O3. The predicted molar refractivity (Wildman–Crippen MR) is 85.8 cm³/mol. The van der Waals surface area contributed by atoms with E-state index >= 15 is 0 Å². The molecule has 0 saturated heterocycles. The number of nitrogens with zero attached hydrogens (tertiary/aromatic N) is 1. The van der Waals surface area contributed by atoms with Crippen LogP contribution in [0.1, 0.15) is 22.7 Å². The highest BCUT2D eigenvalue weighted by atomic mass is 35.5. The van der Waals surface area contributed by atoms with Crippen LogP contribution in [-0.2, 0) is 14.3 Å². The first-order chi connectivity index (χ1) is 10.9. The van der Waals surface area contributed by atoms with Crippen LogP contribution in [0.3, 0.4) is 0 Å². The van der Waals surface area contributed by atoms with Gasteiger partial charge in [0.1, 0.15) is 5.92 Å². The molecule has 2 N–H and O–H groups in total. The summed E-state index contributed by atoms with van der Waals surface area (Å²) in [6, 6.07) is 4.95. The number of H-pyrrole nitrogens is 1. The Kier molecular flexibility index (Phi) is 4.04. The number of hydrogen-bond donors (Lipinski definition) is 2. The van der Waals surface area contributed by atoms with Gasteiger partial charge in [0.15, 0.2) is 5.82 Å². The van der Waals surface area contributed by atoms with E-state index in [1.165, 1.54) is 7.11 Å². The lowest BCUT2D eigenvalue weighted by atomic mass is 9.77. The summed E-state index contributed by atoms with van der Waals surface area (Å²) >= 11 is 12.3. The molecule has 1 aliphatic heterocycles. The maximum absolute atomic E-state index is 12.4. The Morgan fingerprint density at radius 2 is 2.09 bits per heavy atom. The molecule has 0 spiro atoms. The molecular weight excluding hydrogens is 341 g/mol. The van der Waals surface area contributed by atoms with Crippen LogP contribution in [0.25, 0.3) is 0 Å². The molecule has 120 valence electrons. The van der Waals surface area contributed by atoms with Crippen LogP contribution in [0, 0.1) is 12.8 Å². The minimum atomic E-state index is -1.05. The molecule has 6 nitrogen and oxygen atoms in total. The summed E-state index contributed by atoms with van der Waals surface area (Å²) in [5, 5.41) is 10.4. The van der Waals surface area contributed by atoms with Crippen molar-refractivity contribution in [2.75, 3.05) is 12.4 Å². The molecule has 1 aromatic heterocycles. The molecule has 2 atom stereocenters. The maximum Gasteiger partial charge on any atom is 0.319 e. The van der Waals surface area contributed by atoms with Crippen molar-refractivity contribution < 1.29 is 14.3 Å². The summed E-state index contributed by atoms with van der Waals surface area (Å²) in [5.41, 5.74) is 2.07. The molecule has 1 amide bonds. The van der Waals surface area contributed by atoms with E-state index in [0.717, 1.165) is 5.69 Å². The van der Waals surface area contributed by atoms with Gasteiger partial charge in [0, 0.05) is 27.2 Å². The van der Waals surface area contributed by atoms with E-state index in [1.807, 2.05) is 6.92 Å². The van der Waals surface area contributed by atoms with Gasteiger partial charge in [-0.1, -0.05) is 29.3 Å². The van der Waals surface area contributed by atoms with Crippen molar-refractivity contribution in [2.45, 2.75) is 12.8 Å². The number of carbonyl (C=O) groups excluding carboxylic acids is 2. The fourth-order valence-electron chi connectivity index (χ4n) is 2.89. The Morgan fingerprint density at radius 1 is 1.35 bits per heavy atom. The zero-order valence-corrected chi connectivity index (χ0v) is 13.8. The number of nitrogens with one attached hydrogen (secondary N) is 2. The Balaban J connectivity index is 2.24. The average molecular weight is 354 g/mol. The van der Waals surface area contributed by atoms with E-state index in [0.29, 0.717) is 27.0 Å². The topological polar surface area (TPSA) is 84.1 Å². The molecule has 0 fully saturated rings. The number of fused-ring (bicyclic) bond motifs is 1. The van der Waals surface area contributed by atoms with Crippen LogP contribution in [0.2, 0.25) is 10.0 Å². The molecule has 0 radical (unpaired) electrons. The summed E-state index contributed by atoms with van der Waals surface area (Å²) in [4.78, 5) is 24.6. The molecule has 1 aliphatic rings. The SMILES string of the molecule is COC(=O)C1C(=O)Nc2n[nH]c(C)c2C1c1ccc(Cl)cc1Cl. The number of benzene rings is 1. The van der Waals surface area contributed by atoms with Crippen molar-refractivity contribution in [1.29, 1.82) is 0 Å². The van der Waals surface area contributed by atoms with Crippen molar-refractivity contribution in [3.63, 3.8) is 0 Å². The quantitative estimate of drug-likeness (QED) is 0.642. The average Bonchev–Trinajstić information content (AvgIpc) is 2.86. The molecule has 1 aromatic carbocycles. The molecule has 8 heteroatoms. The van der Waals surface area contributed by atoms with Crippen molar-refractivity contribution in [3.05, 3.63) is 45.1 Å². The maximum atomic E-state index is 12.4. The zero-order chi connectivity index (χ0) is 16.7. The normalized spacial score (nSPS) is 19.9. The molecule has 23 heavy (non-hydrogen) atoms. The number of amides is 1. The number of hydrogen-bond acceptors (Lipinski definition) is 4. The third-order valence-corrected chi connectivity index (χ3v) is 4.48. The number of aromatic amines is 1. The summed E-state index contributed by atoms with van der Waals surface area (Å²) in [6.07, 6.45) is 0. The molecule has 3 rings (SSSR count). The second-order valence-electron chi connectivity index (χ2n) is 5.24. The molecule has 2 heterocycles. The number of halogens is 2. The minimum absolute atomic E-state index is 0.373. The van der Waals surface area contributed by atoms with Crippen LogP contribution in [0.4, 0.5) is 5.82 Å². The van der Waals surface area contributed by atoms with Crippen LogP contribution in [0.15, 0.2) is 18.2 Å². The Hall–Kier alpha value is -2.05. The van der Waals surface area contributed by atoms with Gasteiger partial charge in [-0.05, 0) is 24.6 Å². The predicted octanol–water partition coefficient (Wildman–Crippen LogP) is 2.90. The Morgan fingerprint density at radius 3 is 2.74 bits per heavy atom. The van der Waals surface area contributed by atoms with E-state index < -0.39 is 23.7 Å². The molecule has 0 aliphatic carbocycles. The van der Waals surface area contributed by atoms with Crippen LogP contribution < -0.4 is 5.32 Å². The Bertz CT molecular complexity index is 803. The Labute approximate surface area is 142 Å². The number of rotatable bonds is 2. The molecule has 2 unspecified atom stereocenters. The molecule has 0 saturated carbocycles. The highest BCUT2D eigenvalue weighted by Crippen LogP contribution is 2.44. The first kappa shape index (κ1) is 15.8. The van der Waals surface area contributed by atoms with Crippen molar-refractivity contribution in [3.8, 4) is 0 Å². The number of ether oxygens (including phenoxy) is 1. The fourth-order valence-corrected chi connectivity index (χ4v) is 3.41. The first-order valence-electron chi connectivity index (χ1n) is 6.82. The van der Waals surface area contributed by atoms with Gasteiger partial charge >= 0.3 is 5.97 Å². The van der Waals surface area contributed by atoms with Gasteiger partial charge in [-0.15, -0.1) is 0 Å². The fraction of sp³-hybridized carbons (Fsp3) is 0.267. The highest BCUT2D eigenvalue weighted by molar-refractivity contribution is 6.35. The van der Waals surface area contributed by atoms with Gasteiger partial charge in [-0.2, -0.15) is 5.10 Å². The number of carbonyl (C=O) groups is 2. The lowest BCUT2D eigenvalue weighted by Gasteiger charge is -2.30. The minimum Gasteiger partial charge on any atom is -0.468 e. The number of aryl methyl sites for hydroxylation is 1. The lowest BCUT2D eigenvalue weighted by molar-refractivity contribution is -0.149. The van der Waals surface area contributed by atoms with Gasteiger partial charge in [0.05, 0.1) is 7.11 Å². The lowest BCUT2D eigenvalue weighted by Crippen LogP contribution is -2.40. The van der Waals surface area contributed by atoms with Gasteiger partial charge in [0.25, 0.3) is 0 Å². The number of esters is 1. The number of aromatic nitrogens is 2. The molecule has 0 bridgehead atoms. The number of anilines is 1. The summed E-state index contributed by atoms with van der Waals surface area (Å²) in [7, 11) is 1.24. The summed E-state index contributed by atoms with van der Waals surface area (Å²) in [6.45, 7) is 1.81. The van der Waals surface area contributed by atoms with Gasteiger partial charge < -0.3 is 10.1 Å². The van der Waals surface area contributed by atoms with Crippen LogP contribution >= 0.6 is 23.2 Å². The van der Waals surface area contributed by atoms with E-state index in [2.05, 4.69) is 15.5 Å². The standard InChI is InChI=1S/C15H13Cl2N3O3/c1-6-10-11(8-4-3-7(16)5-9(8)17)12(15(22)23-2)14(21)18-13(10)20-19-6/h3-5,11-12H,1-2H3,(H2,18,19,20,21). The van der Waals surface area contributed by atoms with Crippen molar-refractivity contribution >= 4 is 40.9 Å². The van der Waals surface area contributed by atoms with Crippen molar-refractivity contribution in [2.24, 2.45) is 5.92 Å². The van der Waals surface area contributed by atoms with E-state index in [-0.39, 0.29) is 0 Å². The van der Waals surface area contributed by atoms with Gasteiger partial charge in [0.2, 0.25) is 5.91 Å². The highest BCUT2D eigenvalue weighted by Gasteiger charge is 2.45. The van der Waals surface area contributed by atoms with Crippen LogP contribution in [-0.4, -0.2) is 29.2 Å². The van der Waals surface area contributed by atoms with E-state index in [9.17, 15) is 9.59 Å². The second-order valence-corrected chi connectivity index (χ2v) is 6.09. The second kappa shape index (κ2) is 5.86. The third-order valence-electron chi connectivity index (χ3n) is 3.92. The number of methoxy groups -OCH3 is 1. The zero-order valence-electron chi connectivity index (χ0n) is 12.3. The monoisotopic (exact) mass is 353 g/mol. The van der Waals surface area contributed by atoms with Crippen molar-refractivity contribution in [1.82, 2.24) is 10.2 Å². The third kappa shape index (κ3) is 2.58. The van der Waals surface area contributed by atoms with E-state index in [1.54, 1.807) is 18.2 Å².